The van der Waals surface area contributed by atoms with E-state index in [4.69, 9.17) is 15.5 Å². The fraction of sp³-hybridized carbons (Fsp3) is 0.455. The van der Waals surface area contributed by atoms with Gasteiger partial charge in [-0.25, -0.2) is 9.98 Å². The highest BCUT2D eigenvalue weighted by atomic mass is 16.5. The summed E-state index contributed by atoms with van der Waals surface area (Å²) in [7, 11) is 0. The first-order valence-corrected chi connectivity index (χ1v) is 10.7. The van der Waals surface area contributed by atoms with E-state index in [0.29, 0.717) is 35.0 Å². The summed E-state index contributed by atoms with van der Waals surface area (Å²) >= 11 is 0. The molecule has 0 bridgehead atoms. The maximum atomic E-state index is 6.16. The molecule has 3 N–H and O–H groups in total. The summed E-state index contributed by atoms with van der Waals surface area (Å²) in [5.74, 6) is 3.14. The Bertz CT molecular complexity index is 1110. The van der Waals surface area contributed by atoms with E-state index >= 15 is 0 Å². The standard InChI is InChI=1S/C22H26N8O/c1-12-24-19(23)17-21(25-12)31-22(2,3)18(26-17)15-8-4-13(5-9-15)14-6-10-16(11-7-14)20-27-29-30-28-20/h4-5,8-9,14,16H,6-7,10-11H2,1-3H3,(H2,23,24,25)(H,27,28,29,30). The van der Waals surface area contributed by atoms with Crippen LogP contribution < -0.4 is 10.5 Å². The zero-order valence-electron chi connectivity index (χ0n) is 18.0. The van der Waals surface area contributed by atoms with Gasteiger partial charge in [0.05, 0.1) is 5.71 Å². The van der Waals surface area contributed by atoms with E-state index in [2.05, 4.69) is 54.9 Å². The van der Waals surface area contributed by atoms with Gasteiger partial charge in [-0.3, -0.25) is 0 Å². The Kier molecular flexibility index (Phi) is 4.68. The maximum absolute atomic E-state index is 6.16. The molecule has 9 nitrogen and oxygen atoms in total. The van der Waals surface area contributed by atoms with Crippen LogP contribution >= 0.6 is 0 Å². The number of rotatable bonds is 3. The van der Waals surface area contributed by atoms with E-state index in [1.165, 1.54) is 5.56 Å². The molecule has 5 rings (SSSR count). The van der Waals surface area contributed by atoms with Crippen molar-refractivity contribution in [3.05, 3.63) is 47.0 Å². The molecule has 1 saturated carbocycles. The number of H-pyrrole nitrogens is 1. The molecule has 0 amide bonds. The predicted octanol–water partition coefficient (Wildman–Crippen LogP) is 3.61. The van der Waals surface area contributed by atoms with Gasteiger partial charge in [-0.05, 0) is 57.9 Å². The summed E-state index contributed by atoms with van der Waals surface area (Å²) in [6, 6.07) is 8.66. The summed E-state index contributed by atoms with van der Waals surface area (Å²) in [5.41, 5.74) is 9.16. The number of nitrogens with zero attached hydrogens (tertiary/aromatic N) is 6. The van der Waals surface area contributed by atoms with E-state index in [-0.39, 0.29) is 0 Å². The number of aromatic nitrogens is 6. The highest BCUT2D eigenvalue weighted by Crippen LogP contribution is 2.41. The minimum absolute atomic E-state index is 0.338. The Morgan fingerprint density at radius 1 is 1.03 bits per heavy atom. The number of nitrogens with one attached hydrogen (secondary N) is 1. The van der Waals surface area contributed by atoms with Crippen molar-refractivity contribution in [2.75, 3.05) is 5.73 Å². The van der Waals surface area contributed by atoms with Gasteiger partial charge in [0.2, 0.25) is 5.88 Å². The van der Waals surface area contributed by atoms with Crippen LogP contribution in [-0.4, -0.2) is 41.9 Å². The van der Waals surface area contributed by atoms with Crippen LogP contribution in [0.3, 0.4) is 0 Å². The molecule has 31 heavy (non-hydrogen) atoms. The van der Waals surface area contributed by atoms with E-state index in [9.17, 15) is 0 Å². The van der Waals surface area contributed by atoms with Crippen molar-refractivity contribution in [3.8, 4) is 5.88 Å². The number of fused-ring (bicyclic) bond motifs is 1. The molecule has 0 saturated heterocycles. The van der Waals surface area contributed by atoms with Crippen molar-refractivity contribution >= 4 is 17.2 Å². The van der Waals surface area contributed by atoms with Gasteiger partial charge >= 0.3 is 0 Å². The van der Waals surface area contributed by atoms with Gasteiger partial charge in [0, 0.05) is 11.5 Å². The van der Waals surface area contributed by atoms with Gasteiger partial charge < -0.3 is 10.5 Å². The average molecular weight is 419 g/mol. The topological polar surface area (TPSA) is 128 Å². The SMILES string of the molecule is Cc1nc(N)c2c(n1)OC(C)(C)C(c1ccc(C3CCC(c4nn[nH]n4)CC3)cc1)=N2. The first-order chi connectivity index (χ1) is 14.9. The number of nitrogen functional groups attached to an aromatic ring is 1. The van der Waals surface area contributed by atoms with Gasteiger partial charge in [-0.15, -0.1) is 10.2 Å². The van der Waals surface area contributed by atoms with Crippen LogP contribution in [0.2, 0.25) is 0 Å². The Morgan fingerprint density at radius 3 is 2.42 bits per heavy atom. The summed E-state index contributed by atoms with van der Waals surface area (Å²) < 4.78 is 6.16. The largest absolute Gasteiger partial charge is 0.463 e. The zero-order chi connectivity index (χ0) is 21.6. The minimum atomic E-state index is -0.621. The highest BCUT2D eigenvalue weighted by Gasteiger charge is 2.35. The number of hydrogen-bond acceptors (Lipinski definition) is 8. The summed E-state index contributed by atoms with van der Waals surface area (Å²) in [6.07, 6.45) is 4.40. The van der Waals surface area contributed by atoms with Crippen molar-refractivity contribution in [1.29, 1.82) is 0 Å². The molecule has 160 valence electrons. The molecular formula is C22H26N8O. The third-order valence-electron chi connectivity index (χ3n) is 6.25. The number of ether oxygens (including phenoxy) is 1. The highest BCUT2D eigenvalue weighted by molar-refractivity contribution is 6.09. The lowest BCUT2D eigenvalue weighted by Crippen LogP contribution is -2.41. The van der Waals surface area contributed by atoms with Gasteiger partial charge in [0.25, 0.3) is 0 Å². The van der Waals surface area contributed by atoms with Crippen LogP contribution in [0, 0.1) is 6.92 Å². The molecule has 0 radical (unpaired) electrons. The van der Waals surface area contributed by atoms with Crippen molar-refractivity contribution in [3.63, 3.8) is 0 Å². The molecule has 2 aliphatic rings. The number of nitrogens with two attached hydrogens (primary N) is 1. The lowest BCUT2D eigenvalue weighted by molar-refractivity contribution is 0.171. The normalized spacial score (nSPS) is 22.4. The molecule has 9 heteroatoms. The second kappa shape index (κ2) is 7.40. The summed E-state index contributed by atoms with van der Waals surface area (Å²) in [6.45, 7) is 5.78. The first kappa shape index (κ1) is 19.6. The van der Waals surface area contributed by atoms with Gasteiger partial charge in [-0.2, -0.15) is 10.2 Å². The van der Waals surface area contributed by atoms with Crippen LogP contribution in [0.4, 0.5) is 11.5 Å². The lowest BCUT2D eigenvalue weighted by Gasteiger charge is -2.32. The maximum Gasteiger partial charge on any atom is 0.246 e. The number of hydrogen-bond donors (Lipinski definition) is 2. The monoisotopic (exact) mass is 418 g/mol. The summed E-state index contributed by atoms with van der Waals surface area (Å²) in [5, 5.41) is 14.6. The molecule has 1 aromatic carbocycles. The summed E-state index contributed by atoms with van der Waals surface area (Å²) in [4.78, 5) is 13.4. The zero-order valence-corrected chi connectivity index (χ0v) is 18.0. The first-order valence-electron chi connectivity index (χ1n) is 10.7. The molecule has 1 fully saturated rings. The van der Waals surface area contributed by atoms with Crippen molar-refractivity contribution < 1.29 is 4.74 Å². The van der Waals surface area contributed by atoms with Crippen LogP contribution in [0.5, 0.6) is 5.88 Å². The molecule has 0 atom stereocenters. The fourth-order valence-electron chi connectivity index (χ4n) is 4.63. The molecule has 0 spiro atoms. The second-order valence-electron chi connectivity index (χ2n) is 8.82. The molecule has 0 unspecified atom stereocenters. The van der Waals surface area contributed by atoms with Crippen molar-refractivity contribution in [2.24, 2.45) is 4.99 Å². The number of benzene rings is 1. The minimum Gasteiger partial charge on any atom is -0.463 e. The van der Waals surface area contributed by atoms with Gasteiger partial charge in [-0.1, -0.05) is 29.5 Å². The molecule has 2 aromatic heterocycles. The van der Waals surface area contributed by atoms with Gasteiger partial charge in [0.1, 0.15) is 11.4 Å². The van der Waals surface area contributed by atoms with E-state index < -0.39 is 5.60 Å². The molecule has 1 aliphatic heterocycles. The van der Waals surface area contributed by atoms with Gasteiger partial charge in [0.15, 0.2) is 17.3 Å². The molecule has 3 heterocycles. The molecule has 3 aromatic rings. The fourth-order valence-corrected chi connectivity index (χ4v) is 4.63. The Labute approximate surface area is 180 Å². The lowest BCUT2D eigenvalue weighted by atomic mass is 9.78. The van der Waals surface area contributed by atoms with E-state index in [1.807, 2.05) is 13.8 Å². The Balaban J connectivity index is 1.37. The number of aryl methyl sites for hydroxylation is 1. The van der Waals surface area contributed by atoms with Crippen molar-refractivity contribution in [2.45, 2.75) is 63.9 Å². The van der Waals surface area contributed by atoms with Crippen LogP contribution in [0.1, 0.15) is 74.1 Å². The van der Waals surface area contributed by atoms with Crippen LogP contribution in [-0.2, 0) is 0 Å². The predicted molar refractivity (Wildman–Crippen MR) is 117 cm³/mol. The third kappa shape index (κ3) is 3.64. The number of tetrazole rings is 1. The number of anilines is 1. The smallest absolute Gasteiger partial charge is 0.246 e. The Hall–Kier alpha value is -3.36. The molecular weight excluding hydrogens is 392 g/mol. The molecule has 1 aliphatic carbocycles. The Morgan fingerprint density at radius 2 is 1.74 bits per heavy atom. The second-order valence-corrected chi connectivity index (χ2v) is 8.82. The van der Waals surface area contributed by atoms with Crippen LogP contribution in [0.25, 0.3) is 0 Å². The van der Waals surface area contributed by atoms with Crippen molar-refractivity contribution in [1.82, 2.24) is 30.6 Å². The van der Waals surface area contributed by atoms with E-state index in [0.717, 1.165) is 42.8 Å². The number of aliphatic imine (C=N–C) groups is 1. The quantitative estimate of drug-likeness (QED) is 0.665. The number of aromatic amines is 1. The average Bonchev–Trinajstić information content (AvgIpc) is 3.28. The van der Waals surface area contributed by atoms with Crippen LogP contribution in [0.15, 0.2) is 29.3 Å². The van der Waals surface area contributed by atoms with E-state index in [1.54, 1.807) is 6.92 Å². The third-order valence-corrected chi connectivity index (χ3v) is 6.25.